The number of pyridine rings is 1. The van der Waals surface area contributed by atoms with Crippen LogP contribution in [0.4, 0.5) is 0 Å². The first-order valence-electron chi connectivity index (χ1n) is 11.1. The fourth-order valence-electron chi connectivity index (χ4n) is 4.63. The van der Waals surface area contributed by atoms with Crippen LogP contribution in [-0.2, 0) is 13.6 Å². The summed E-state index contributed by atoms with van der Waals surface area (Å²) in [5, 5.41) is 3.43. The van der Waals surface area contributed by atoms with Crippen molar-refractivity contribution in [2.24, 2.45) is 7.05 Å². The Hall–Kier alpha value is -3.06. The predicted octanol–water partition coefficient (Wildman–Crippen LogP) is 4.02. The molecule has 0 bridgehead atoms. The smallest absolute Gasteiger partial charge is 0.272 e. The highest BCUT2D eigenvalue weighted by molar-refractivity contribution is 6.04. The van der Waals surface area contributed by atoms with E-state index >= 15 is 0 Å². The van der Waals surface area contributed by atoms with Gasteiger partial charge in [0.25, 0.3) is 11.5 Å². The lowest BCUT2D eigenvalue weighted by Crippen LogP contribution is -2.37. The summed E-state index contributed by atoms with van der Waals surface area (Å²) in [6.45, 7) is 1.71. The first kappa shape index (κ1) is 24.6. The van der Waals surface area contributed by atoms with Crippen molar-refractivity contribution >= 4 is 35.0 Å². The van der Waals surface area contributed by atoms with E-state index in [1.165, 1.54) is 18.1 Å². The molecule has 2 aromatic heterocycles. The van der Waals surface area contributed by atoms with Gasteiger partial charge in [-0.05, 0) is 25.8 Å². The molecule has 1 aromatic carbocycles. The number of nitrogens with one attached hydrogen (secondary N) is 1. The second kappa shape index (κ2) is 10.3. The molecular formula is C25H30ClN3O4. The van der Waals surface area contributed by atoms with Gasteiger partial charge in [0, 0.05) is 24.3 Å². The maximum atomic E-state index is 13.5. The van der Waals surface area contributed by atoms with Crippen molar-refractivity contribution in [1.82, 2.24) is 14.5 Å². The van der Waals surface area contributed by atoms with Gasteiger partial charge in [0.1, 0.15) is 5.39 Å². The largest absolute Gasteiger partial charge is 0.493 e. The quantitative estimate of drug-likeness (QED) is 0.550. The molecule has 0 aliphatic heterocycles. The van der Waals surface area contributed by atoms with E-state index in [-0.39, 0.29) is 48.0 Å². The monoisotopic (exact) mass is 471 g/mol. The molecule has 33 heavy (non-hydrogen) atoms. The van der Waals surface area contributed by atoms with Crippen molar-refractivity contribution in [1.29, 1.82) is 0 Å². The molecule has 1 aliphatic carbocycles. The van der Waals surface area contributed by atoms with Crippen molar-refractivity contribution in [2.45, 2.75) is 51.6 Å². The molecule has 0 radical (unpaired) electrons. The number of Topliss-reactive ketones (excluding diaryl/α,β-unsaturated/α-hetero) is 1. The fraction of sp³-hybridized carbons (Fsp3) is 0.400. The average molecular weight is 472 g/mol. The highest BCUT2D eigenvalue weighted by Crippen LogP contribution is 2.31. The Morgan fingerprint density at radius 1 is 1.12 bits per heavy atom. The van der Waals surface area contributed by atoms with Gasteiger partial charge in [-0.25, -0.2) is 0 Å². The van der Waals surface area contributed by atoms with Gasteiger partial charge >= 0.3 is 0 Å². The van der Waals surface area contributed by atoms with E-state index in [2.05, 4.69) is 5.32 Å². The molecule has 4 rings (SSSR count). The molecule has 7 nitrogen and oxygen atoms in total. The van der Waals surface area contributed by atoms with E-state index in [0.29, 0.717) is 27.9 Å². The van der Waals surface area contributed by atoms with Crippen LogP contribution in [0.2, 0.25) is 0 Å². The Bertz CT molecular complexity index is 1220. The van der Waals surface area contributed by atoms with Crippen LogP contribution in [0, 0.1) is 6.92 Å². The van der Waals surface area contributed by atoms with Crippen LogP contribution in [0.1, 0.15) is 58.6 Å². The number of ketones is 1. The van der Waals surface area contributed by atoms with E-state index in [4.69, 9.17) is 4.74 Å². The molecule has 0 atom stereocenters. The Morgan fingerprint density at radius 3 is 2.42 bits per heavy atom. The number of aromatic nitrogens is 2. The van der Waals surface area contributed by atoms with Crippen LogP contribution in [0.5, 0.6) is 5.75 Å². The minimum absolute atomic E-state index is 0. The molecule has 1 saturated carbocycles. The van der Waals surface area contributed by atoms with Gasteiger partial charge in [-0.2, -0.15) is 0 Å². The van der Waals surface area contributed by atoms with Gasteiger partial charge in [-0.1, -0.05) is 49.6 Å². The lowest BCUT2D eigenvalue weighted by Gasteiger charge is -2.23. The van der Waals surface area contributed by atoms with Gasteiger partial charge in [-0.3, -0.25) is 14.4 Å². The Kier molecular flexibility index (Phi) is 7.64. The van der Waals surface area contributed by atoms with Crippen molar-refractivity contribution in [3.8, 4) is 5.75 Å². The average Bonchev–Trinajstić information content (AvgIpc) is 3.09. The number of benzene rings is 1. The summed E-state index contributed by atoms with van der Waals surface area (Å²) in [6.07, 6.45) is 5.34. The third-order valence-electron chi connectivity index (χ3n) is 6.38. The molecule has 8 heteroatoms. The standard InChI is InChI=1S/C25H29N3O4.ClH/c1-16-14-19-21(25(31)28(16)15-20(29)17-10-6-4-7-11-17)23(32-3)22(27(19)2)24(30)26-18-12-8-5-9-13-18;/h4,6-7,10-11,14,18H,5,8-9,12-13,15H2,1-3H3,(H,26,30);1H. The van der Waals surface area contributed by atoms with E-state index < -0.39 is 0 Å². The van der Waals surface area contributed by atoms with E-state index in [0.717, 1.165) is 25.7 Å². The molecule has 2 heterocycles. The molecular weight excluding hydrogens is 442 g/mol. The van der Waals surface area contributed by atoms with Crippen molar-refractivity contribution in [3.63, 3.8) is 0 Å². The van der Waals surface area contributed by atoms with Gasteiger partial charge in [0.2, 0.25) is 0 Å². The van der Waals surface area contributed by atoms with E-state index in [1.54, 1.807) is 42.8 Å². The maximum Gasteiger partial charge on any atom is 0.272 e. The molecule has 1 fully saturated rings. The highest BCUT2D eigenvalue weighted by atomic mass is 35.5. The van der Waals surface area contributed by atoms with E-state index in [9.17, 15) is 14.4 Å². The zero-order valence-electron chi connectivity index (χ0n) is 19.2. The van der Waals surface area contributed by atoms with Crippen molar-refractivity contribution in [2.75, 3.05) is 7.11 Å². The van der Waals surface area contributed by atoms with Crippen molar-refractivity contribution < 1.29 is 14.3 Å². The maximum absolute atomic E-state index is 13.5. The molecule has 1 N–H and O–H groups in total. The number of carbonyl (C=O) groups excluding carboxylic acids is 2. The van der Waals surface area contributed by atoms with Crippen LogP contribution >= 0.6 is 12.4 Å². The molecule has 1 amide bonds. The van der Waals surface area contributed by atoms with Crippen molar-refractivity contribution in [3.05, 3.63) is 63.7 Å². The lowest BCUT2D eigenvalue weighted by molar-refractivity contribution is 0.0915. The van der Waals surface area contributed by atoms with Crippen LogP contribution in [0.3, 0.4) is 0 Å². The number of rotatable bonds is 6. The van der Waals surface area contributed by atoms with Gasteiger partial charge in [0.15, 0.2) is 17.2 Å². The molecule has 176 valence electrons. The van der Waals surface area contributed by atoms with E-state index in [1.807, 2.05) is 12.1 Å². The second-order valence-corrected chi connectivity index (χ2v) is 8.48. The first-order chi connectivity index (χ1) is 15.4. The number of aryl methyl sites for hydroxylation is 2. The molecule has 0 spiro atoms. The number of carbonyl (C=O) groups is 2. The number of amides is 1. The number of hydrogen-bond acceptors (Lipinski definition) is 4. The summed E-state index contributed by atoms with van der Waals surface area (Å²) in [5.74, 6) is -0.140. The SMILES string of the molecule is COc1c(C(=O)NC2CCCCC2)n(C)c2cc(C)n(CC(=O)c3ccccc3)c(=O)c12.Cl. The number of nitrogens with zero attached hydrogens (tertiary/aromatic N) is 2. The Labute approximate surface area is 199 Å². The normalized spacial score (nSPS) is 14.0. The van der Waals surface area contributed by atoms with Crippen LogP contribution < -0.4 is 15.6 Å². The summed E-state index contributed by atoms with van der Waals surface area (Å²) < 4.78 is 8.73. The third-order valence-corrected chi connectivity index (χ3v) is 6.38. The Morgan fingerprint density at radius 2 is 1.79 bits per heavy atom. The number of fused-ring (bicyclic) bond motifs is 1. The van der Waals surface area contributed by atoms with Crippen LogP contribution in [0.15, 0.2) is 41.2 Å². The summed E-state index contributed by atoms with van der Waals surface area (Å²) in [7, 11) is 3.23. The van der Waals surface area contributed by atoms with Crippen LogP contribution in [-0.4, -0.2) is 34.0 Å². The van der Waals surface area contributed by atoms with Gasteiger partial charge < -0.3 is 19.2 Å². The number of methoxy groups -OCH3 is 1. The summed E-state index contributed by atoms with van der Waals surface area (Å²) in [5.41, 5.74) is 1.80. The zero-order valence-corrected chi connectivity index (χ0v) is 20.0. The minimum atomic E-state index is -0.339. The first-order valence-corrected chi connectivity index (χ1v) is 11.1. The summed E-state index contributed by atoms with van der Waals surface area (Å²) in [4.78, 5) is 39.4. The number of ether oxygens (including phenoxy) is 1. The molecule has 0 unspecified atom stereocenters. The zero-order chi connectivity index (χ0) is 22.8. The molecule has 3 aromatic rings. The highest BCUT2D eigenvalue weighted by Gasteiger charge is 2.27. The summed E-state index contributed by atoms with van der Waals surface area (Å²) in [6, 6.07) is 10.9. The topological polar surface area (TPSA) is 82.3 Å². The molecule has 0 saturated heterocycles. The Balaban J connectivity index is 0.00000306. The lowest BCUT2D eigenvalue weighted by atomic mass is 9.95. The minimum Gasteiger partial charge on any atom is -0.493 e. The fourth-order valence-corrected chi connectivity index (χ4v) is 4.63. The molecule has 1 aliphatic rings. The summed E-state index contributed by atoms with van der Waals surface area (Å²) >= 11 is 0. The second-order valence-electron chi connectivity index (χ2n) is 8.48. The predicted molar refractivity (Wildman–Crippen MR) is 131 cm³/mol. The number of hydrogen-bond donors (Lipinski definition) is 1. The van der Waals surface area contributed by atoms with Crippen LogP contribution in [0.25, 0.3) is 10.9 Å². The van der Waals surface area contributed by atoms with Gasteiger partial charge in [0.05, 0.1) is 19.2 Å². The number of halogens is 1. The third kappa shape index (κ3) is 4.69. The van der Waals surface area contributed by atoms with Gasteiger partial charge in [-0.15, -0.1) is 12.4 Å².